The Morgan fingerprint density at radius 2 is 1.31 bits per heavy atom. The highest BCUT2D eigenvalue weighted by atomic mass is 35.5. The van der Waals surface area contributed by atoms with E-state index >= 15 is 0 Å². The van der Waals surface area contributed by atoms with E-state index in [9.17, 15) is 9.59 Å². The first kappa shape index (κ1) is 23.2. The highest BCUT2D eigenvalue weighted by molar-refractivity contribution is 6.30. The Balaban J connectivity index is 1.33. The van der Waals surface area contributed by atoms with Crippen molar-refractivity contribution in [1.29, 1.82) is 0 Å². The number of carbonyl (C=O) groups is 2. The normalized spacial score (nSPS) is 10.7. The van der Waals surface area contributed by atoms with Gasteiger partial charge in [0.05, 0.1) is 5.69 Å². The van der Waals surface area contributed by atoms with Crippen LogP contribution < -0.4 is 0 Å². The largest absolute Gasteiger partial charge is 0.451 e. The Kier molecular flexibility index (Phi) is 6.69. The molecule has 5 aromatic rings. The van der Waals surface area contributed by atoms with Crippen molar-refractivity contribution in [3.8, 4) is 28.2 Å². The molecule has 0 saturated heterocycles. The van der Waals surface area contributed by atoms with Crippen LogP contribution in [0, 0.1) is 0 Å². The number of ether oxygens (including phenoxy) is 1. The molecule has 0 unspecified atom stereocenters. The van der Waals surface area contributed by atoms with Gasteiger partial charge in [0.15, 0.2) is 18.2 Å². The van der Waals surface area contributed by atoms with Gasteiger partial charge in [-0.1, -0.05) is 84.4 Å². The summed E-state index contributed by atoms with van der Waals surface area (Å²) in [4.78, 5) is 29.8. The SMILES string of the molecule is O=C(COC(=O)c1nc(-c2ccc(Cl)cc2)n(-c2ccccc2)n1)c1ccc(-c2ccccc2)cc1. The molecule has 1 aromatic heterocycles. The number of rotatable bonds is 7. The zero-order valence-corrected chi connectivity index (χ0v) is 19.8. The van der Waals surface area contributed by atoms with E-state index in [2.05, 4.69) is 10.1 Å². The molecule has 0 aliphatic heterocycles. The molecule has 0 atom stereocenters. The fourth-order valence-corrected chi connectivity index (χ4v) is 3.82. The van der Waals surface area contributed by atoms with Crippen LogP contribution in [-0.2, 0) is 4.74 Å². The van der Waals surface area contributed by atoms with Crippen molar-refractivity contribution in [2.75, 3.05) is 6.61 Å². The average molecular weight is 494 g/mol. The Morgan fingerprint density at radius 3 is 1.97 bits per heavy atom. The summed E-state index contributed by atoms with van der Waals surface area (Å²) in [7, 11) is 0. The highest BCUT2D eigenvalue weighted by Crippen LogP contribution is 2.23. The van der Waals surface area contributed by atoms with Gasteiger partial charge in [0.2, 0.25) is 0 Å². The second kappa shape index (κ2) is 10.4. The summed E-state index contributed by atoms with van der Waals surface area (Å²) in [5, 5.41) is 4.94. The first-order valence-corrected chi connectivity index (χ1v) is 11.6. The number of hydrogen-bond acceptors (Lipinski definition) is 5. The Labute approximate surface area is 212 Å². The number of benzene rings is 4. The lowest BCUT2D eigenvalue weighted by Crippen LogP contribution is -2.15. The molecule has 0 fully saturated rings. The lowest BCUT2D eigenvalue weighted by molar-refractivity contribution is 0.0462. The van der Waals surface area contributed by atoms with Crippen LogP contribution >= 0.6 is 11.6 Å². The van der Waals surface area contributed by atoms with Gasteiger partial charge in [-0.25, -0.2) is 14.5 Å². The van der Waals surface area contributed by atoms with Crippen molar-refractivity contribution < 1.29 is 14.3 Å². The minimum absolute atomic E-state index is 0.143. The number of aromatic nitrogens is 3. The van der Waals surface area contributed by atoms with Crippen LogP contribution in [0.5, 0.6) is 0 Å². The quantitative estimate of drug-likeness (QED) is 0.196. The number of Topliss-reactive ketones (excluding diaryl/α,β-unsaturated/α-hetero) is 1. The lowest BCUT2D eigenvalue weighted by atomic mass is 10.0. The maximum Gasteiger partial charge on any atom is 0.378 e. The van der Waals surface area contributed by atoms with Gasteiger partial charge in [-0.05, 0) is 47.5 Å². The second-order valence-corrected chi connectivity index (χ2v) is 8.39. The third-order valence-corrected chi connectivity index (χ3v) is 5.79. The summed E-state index contributed by atoms with van der Waals surface area (Å²) in [5.41, 5.74) is 3.95. The number of nitrogens with zero attached hydrogens (tertiary/aromatic N) is 3. The van der Waals surface area contributed by atoms with Crippen LogP contribution in [0.1, 0.15) is 21.0 Å². The molecule has 0 saturated carbocycles. The minimum atomic E-state index is -0.783. The van der Waals surface area contributed by atoms with E-state index in [0.29, 0.717) is 16.4 Å². The van der Waals surface area contributed by atoms with E-state index in [4.69, 9.17) is 16.3 Å². The summed E-state index contributed by atoms with van der Waals surface area (Å²) in [6.07, 6.45) is 0. The van der Waals surface area contributed by atoms with Crippen LogP contribution in [0.2, 0.25) is 5.02 Å². The molecule has 0 amide bonds. The van der Waals surface area contributed by atoms with E-state index in [-0.39, 0.29) is 11.6 Å². The summed E-state index contributed by atoms with van der Waals surface area (Å²) >= 11 is 6.02. The summed E-state index contributed by atoms with van der Waals surface area (Å²) in [6, 6.07) is 33.4. The third-order valence-electron chi connectivity index (χ3n) is 5.54. The van der Waals surface area contributed by atoms with Gasteiger partial charge in [0.25, 0.3) is 5.82 Å². The molecule has 0 aliphatic rings. The molecular formula is C29H20ClN3O3. The zero-order chi connectivity index (χ0) is 24.9. The summed E-state index contributed by atoms with van der Waals surface area (Å²) in [5.74, 6) is -0.791. The van der Waals surface area contributed by atoms with Gasteiger partial charge in [0.1, 0.15) is 0 Å². The predicted octanol–water partition coefficient (Wildman–Crippen LogP) is 6.29. The fraction of sp³-hybridized carbons (Fsp3) is 0.0345. The van der Waals surface area contributed by atoms with Gasteiger partial charge in [-0.3, -0.25) is 4.79 Å². The molecule has 7 heteroatoms. The third kappa shape index (κ3) is 5.09. The topological polar surface area (TPSA) is 74.1 Å². The minimum Gasteiger partial charge on any atom is -0.451 e. The van der Waals surface area contributed by atoms with Crippen LogP contribution in [0.15, 0.2) is 109 Å². The Hall–Kier alpha value is -4.55. The number of halogens is 1. The second-order valence-electron chi connectivity index (χ2n) is 7.96. The predicted molar refractivity (Wildman–Crippen MR) is 138 cm³/mol. The number of ketones is 1. The van der Waals surface area contributed by atoms with E-state index in [1.807, 2.05) is 72.8 Å². The van der Waals surface area contributed by atoms with Crippen LogP contribution in [-0.4, -0.2) is 33.1 Å². The fourth-order valence-electron chi connectivity index (χ4n) is 3.69. The smallest absolute Gasteiger partial charge is 0.378 e. The lowest BCUT2D eigenvalue weighted by Gasteiger charge is -2.05. The Morgan fingerprint density at radius 1 is 0.722 bits per heavy atom. The van der Waals surface area contributed by atoms with Crippen molar-refractivity contribution in [2.24, 2.45) is 0 Å². The molecule has 36 heavy (non-hydrogen) atoms. The number of esters is 1. The van der Waals surface area contributed by atoms with Crippen LogP contribution in [0.3, 0.4) is 0 Å². The zero-order valence-electron chi connectivity index (χ0n) is 19.0. The number of carbonyl (C=O) groups excluding carboxylic acids is 2. The molecule has 1 heterocycles. The average Bonchev–Trinajstić information content (AvgIpc) is 3.39. The summed E-state index contributed by atoms with van der Waals surface area (Å²) in [6.45, 7) is -0.417. The molecule has 0 N–H and O–H groups in total. The molecule has 5 rings (SSSR count). The van der Waals surface area contributed by atoms with Crippen molar-refractivity contribution in [2.45, 2.75) is 0 Å². The molecule has 4 aromatic carbocycles. The standard InChI is InChI=1S/C29H20ClN3O3/c30-24-17-15-23(16-18-24)28-31-27(32-33(28)25-9-5-2-6-10-25)29(35)36-19-26(34)22-13-11-21(12-14-22)20-7-3-1-4-8-20/h1-18H,19H2. The van der Waals surface area contributed by atoms with Crippen molar-refractivity contribution >= 4 is 23.4 Å². The van der Waals surface area contributed by atoms with Crippen LogP contribution in [0.25, 0.3) is 28.2 Å². The maximum absolute atomic E-state index is 12.8. The molecule has 0 spiro atoms. The van der Waals surface area contributed by atoms with Gasteiger partial charge in [-0.15, -0.1) is 5.10 Å². The Bertz CT molecular complexity index is 1500. The van der Waals surface area contributed by atoms with Gasteiger partial charge < -0.3 is 4.74 Å². The first-order chi connectivity index (χ1) is 17.6. The van der Waals surface area contributed by atoms with Gasteiger partial charge in [0, 0.05) is 16.1 Å². The molecule has 0 aliphatic carbocycles. The van der Waals surface area contributed by atoms with Crippen molar-refractivity contribution in [1.82, 2.24) is 14.8 Å². The molecule has 176 valence electrons. The summed E-state index contributed by atoms with van der Waals surface area (Å²) < 4.78 is 6.83. The monoisotopic (exact) mass is 493 g/mol. The first-order valence-electron chi connectivity index (χ1n) is 11.2. The number of hydrogen-bond donors (Lipinski definition) is 0. The molecule has 0 bridgehead atoms. The van der Waals surface area contributed by atoms with E-state index in [1.165, 1.54) is 0 Å². The highest BCUT2D eigenvalue weighted by Gasteiger charge is 2.21. The van der Waals surface area contributed by atoms with E-state index < -0.39 is 12.6 Å². The van der Waals surface area contributed by atoms with Crippen molar-refractivity contribution in [3.05, 3.63) is 126 Å². The number of para-hydroxylation sites is 1. The maximum atomic E-state index is 12.8. The van der Waals surface area contributed by atoms with Gasteiger partial charge in [-0.2, -0.15) is 0 Å². The van der Waals surface area contributed by atoms with Crippen LogP contribution in [0.4, 0.5) is 0 Å². The van der Waals surface area contributed by atoms with Gasteiger partial charge >= 0.3 is 5.97 Å². The van der Waals surface area contributed by atoms with E-state index in [1.54, 1.807) is 41.1 Å². The molecule has 0 radical (unpaired) electrons. The van der Waals surface area contributed by atoms with E-state index in [0.717, 1.165) is 22.4 Å². The molecule has 6 nitrogen and oxygen atoms in total. The van der Waals surface area contributed by atoms with Crippen molar-refractivity contribution in [3.63, 3.8) is 0 Å². The molecular weight excluding hydrogens is 474 g/mol.